The molecule has 1 aromatic rings. The van der Waals surface area contributed by atoms with Gasteiger partial charge in [0.25, 0.3) is 5.91 Å². The Kier molecular flexibility index (Phi) is 6.32. The van der Waals surface area contributed by atoms with Crippen LogP contribution in [0.4, 0.5) is 0 Å². The van der Waals surface area contributed by atoms with Gasteiger partial charge in [0.05, 0.1) is 6.10 Å². The van der Waals surface area contributed by atoms with Gasteiger partial charge in [0.2, 0.25) is 0 Å². The molecule has 0 bridgehead atoms. The van der Waals surface area contributed by atoms with Gasteiger partial charge in [0.1, 0.15) is 5.75 Å². The summed E-state index contributed by atoms with van der Waals surface area (Å²) in [6, 6.07) is 8.01. The first-order chi connectivity index (χ1) is 12.1. The van der Waals surface area contributed by atoms with E-state index in [1.807, 2.05) is 30.0 Å². The number of carbonyl (C=O) groups excluding carboxylic acids is 1. The molecule has 5 nitrogen and oxygen atoms in total. The van der Waals surface area contributed by atoms with E-state index in [1.165, 1.54) is 0 Å². The zero-order chi connectivity index (χ0) is 17.6. The van der Waals surface area contributed by atoms with E-state index in [0.717, 1.165) is 69.7 Å². The summed E-state index contributed by atoms with van der Waals surface area (Å²) in [7, 11) is 0. The molecule has 2 aliphatic heterocycles. The number of para-hydroxylation sites is 1. The van der Waals surface area contributed by atoms with Crippen LogP contribution in [0, 0.1) is 5.92 Å². The highest BCUT2D eigenvalue weighted by Gasteiger charge is 2.23. The van der Waals surface area contributed by atoms with E-state index >= 15 is 0 Å². The number of piperidine rings is 1. The summed E-state index contributed by atoms with van der Waals surface area (Å²) in [6.45, 7) is 6.57. The van der Waals surface area contributed by atoms with Gasteiger partial charge in [0, 0.05) is 25.2 Å². The van der Waals surface area contributed by atoms with Crippen molar-refractivity contribution in [2.24, 2.45) is 5.92 Å². The van der Waals surface area contributed by atoms with Crippen LogP contribution in [0.3, 0.4) is 0 Å². The molecule has 138 valence electrons. The lowest BCUT2D eigenvalue weighted by Crippen LogP contribution is -2.36. The highest BCUT2D eigenvalue weighted by molar-refractivity contribution is 5.78. The van der Waals surface area contributed by atoms with Crippen LogP contribution in [0.25, 0.3) is 0 Å². The number of hydrogen-bond donors (Lipinski definition) is 1. The minimum atomic E-state index is -0.214. The Morgan fingerprint density at radius 2 is 1.88 bits per heavy atom. The molecule has 2 aliphatic rings. The van der Waals surface area contributed by atoms with E-state index in [9.17, 15) is 9.90 Å². The lowest BCUT2D eigenvalue weighted by atomic mass is 9.92. The first-order valence-corrected chi connectivity index (χ1v) is 9.52. The van der Waals surface area contributed by atoms with E-state index in [0.29, 0.717) is 5.92 Å². The maximum Gasteiger partial charge on any atom is 0.260 e. The average Bonchev–Trinajstić information content (AvgIpc) is 3.16. The molecule has 25 heavy (non-hydrogen) atoms. The highest BCUT2D eigenvalue weighted by atomic mass is 16.5. The number of amides is 1. The van der Waals surface area contributed by atoms with Crippen LogP contribution in [0.1, 0.15) is 38.2 Å². The lowest BCUT2D eigenvalue weighted by Gasteiger charge is -2.33. The molecule has 5 heteroatoms. The fraction of sp³-hybridized carbons (Fsp3) is 0.650. The van der Waals surface area contributed by atoms with E-state index in [2.05, 4.69) is 11.0 Å². The zero-order valence-corrected chi connectivity index (χ0v) is 15.2. The first-order valence-electron chi connectivity index (χ1n) is 9.52. The van der Waals surface area contributed by atoms with E-state index in [4.69, 9.17) is 4.74 Å². The summed E-state index contributed by atoms with van der Waals surface area (Å²) >= 11 is 0. The average molecular weight is 346 g/mol. The summed E-state index contributed by atoms with van der Waals surface area (Å²) in [5.74, 6) is 1.32. The third-order valence-electron chi connectivity index (χ3n) is 5.49. The maximum absolute atomic E-state index is 12.2. The molecular formula is C20H30N2O3. The number of nitrogens with zero attached hydrogens (tertiary/aromatic N) is 2. The van der Waals surface area contributed by atoms with Crippen molar-refractivity contribution in [1.82, 2.24) is 9.80 Å². The number of aliphatic hydroxyl groups is 1. The number of ether oxygens (including phenoxy) is 1. The Bertz CT molecular complexity index is 562. The quantitative estimate of drug-likeness (QED) is 0.859. The molecule has 0 saturated carbocycles. The van der Waals surface area contributed by atoms with Crippen molar-refractivity contribution < 1.29 is 14.6 Å². The van der Waals surface area contributed by atoms with Gasteiger partial charge in [0.15, 0.2) is 6.61 Å². The number of rotatable bonds is 6. The molecule has 2 heterocycles. The number of benzene rings is 1. The summed E-state index contributed by atoms with van der Waals surface area (Å²) < 4.78 is 5.85. The van der Waals surface area contributed by atoms with Gasteiger partial charge >= 0.3 is 0 Å². The van der Waals surface area contributed by atoms with Crippen LogP contribution in [0.15, 0.2) is 24.3 Å². The molecule has 0 aromatic heterocycles. The molecule has 3 rings (SSSR count). The van der Waals surface area contributed by atoms with Crippen LogP contribution >= 0.6 is 0 Å². The second kappa shape index (κ2) is 8.68. The largest absolute Gasteiger partial charge is 0.483 e. The van der Waals surface area contributed by atoms with Crippen molar-refractivity contribution in [3.8, 4) is 5.75 Å². The topological polar surface area (TPSA) is 53.0 Å². The van der Waals surface area contributed by atoms with Crippen LogP contribution in [0.5, 0.6) is 5.75 Å². The number of aliphatic hydroxyl groups excluding tert-OH is 1. The zero-order valence-electron chi connectivity index (χ0n) is 15.2. The van der Waals surface area contributed by atoms with Gasteiger partial charge in [-0.1, -0.05) is 18.2 Å². The SMILES string of the molecule is CC(O)C1CCN(Cc2ccccc2OCC(=O)N2CCCC2)CC1. The third-order valence-corrected chi connectivity index (χ3v) is 5.49. The molecule has 2 fully saturated rings. The minimum absolute atomic E-state index is 0.0880. The molecule has 1 atom stereocenters. The Morgan fingerprint density at radius 1 is 1.20 bits per heavy atom. The Hall–Kier alpha value is -1.59. The maximum atomic E-state index is 12.2. The van der Waals surface area contributed by atoms with Gasteiger partial charge in [-0.05, 0) is 57.7 Å². The molecule has 1 amide bonds. The number of likely N-dealkylation sites (tertiary alicyclic amines) is 2. The molecule has 0 spiro atoms. The van der Waals surface area contributed by atoms with Crippen LogP contribution in [-0.2, 0) is 11.3 Å². The number of carbonyl (C=O) groups is 1. The van der Waals surface area contributed by atoms with E-state index in [1.54, 1.807) is 0 Å². The molecule has 0 radical (unpaired) electrons. The first kappa shape index (κ1) is 18.2. The second-order valence-corrected chi connectivity index (χ2v) is 7.34. The van der Waals surface area contributed by atoms with Gasteiger partial charge < -0.3 is 14.7 Å². The van der Waals surface area contributed by atoms with Crippen LogP contribution in [-0.4, -0.2) is 59.7 Å². The summed E-state index contributed by atoms with van der Waals surface area (Å²) in [5.41, 5.74) is 1.13. The fourth-order valence-electron chi connectivity index (χ4n) is 3.81. The van der Waals surface area contributed by atoms with Crippen LogP contribution < -0.4 is 4.74 Å². The molecule has 2 saturated heterocycles. The van der Waals surface area contributed by atoms with Gasteiger partial charge in [-0.2, -0.15) is 0 Å². The van der Waals surface area contributed by atoms with Crippen molar-refractivity contribution >= 4 is 5.91 Å². The lowest BCUT2D eigenvalue weighted by molar-refractivity contribution is -0.132. The summed E-state index contributed by atoms with van der Waals surface area (Å²) in [4.78, 5) is 16.5. The smallest absolute Gasteiger partial charge is 0.260 e. The molecule has 0 aliphatic carbocycles. The fourth-order valence-corrected chi connectivity index (χ4v) is 3.81. The van der Waals surface area contributed by atoms with Gasteiger partial charge in [-0.25, -0.2) is 0 Å². The Labute approximate surface area is 150 Å². The monoisotopic (exact) mass is 346 g/mol. The van der Waals surface area contributed by atoms with Crippen molar-refractivity contribution in [3.63, 3.8) is 0 Å². The second-order valence-electron chi connectivity index (χ2n) is 7.34. The molecule has 1 aromatic carbocycles. The van der Waals surface area contributed by atoms with Crippen LogP contribution in [0.2, 0.25) is 0 Å². The van der Waals surface area contributed by atoms with Crippen molar-refractivity contribution in [1.29, 1.82) is 0 Å². The van der Waals surface area contributed by atoms with Gasteiger partial charge in [-0.15, -0.1) is 0 Å². The van der Waals surface area contributed by atoms with E-state index < -0.39 is 0 Å². The number of hydrogen-bond acceptors (Lipinski definition) is 4. The van der Waals surface area contributed by atoms with Crippen molar-refractivity contribution in [2.75, 3.05) is 32.8 Å². The molecule has 1 N–H and O–H groups in total. The minimum Gasteiger partial charge on any atom is -0.483 e. The third kappa shape index (κ3) is 4.95. The van der Waals surface area contributed by atoms with E-state index in [-0.39, 0.29) is 18.6 Å². The summed E-state index contributed by atoms with van der Waals surface area (Å²) in [5, 5.41) is 9.73. The standard InChI is InChI=1S/C20H30N2O3/c1-16(23)17-8-12-21(13-9-17)14-18-6-2-3-7-19(18)25-15-20(24)22-10-4-5-11-22/h2-3,6-7,16-17,23H,4-5,8-15H2,1H3. The van der Waals surface area contributed by atoms with Gasteiger partial charge in [-0.3, -0.25) is 9.69 Å². The normalized spacial score (nSPS) is 20.6. The van der Waals surface area contributed by atoms with Crippen molar-refractivity contribution in [2.45, 2.75) is 45.3 Å². The molecular weight excluding hydrogens is 316 g/mol. The molecule has 1 unspecified atom stereocenters. The highest BCUT2D eigenvalue weighted by Crippen LogP contribution is 2.25. The predicted octanol–water partition coefficient (Wildman–Crippen LogP) is 2.28. The Balaban J connectivity index is 1.53. The predicted molar refractivity (Wildman–Crippen MR) is 97.4 cm³/mol. The van der Waals surface area contributed by atoms with Crippen molar-refractivity contribution in [3.05, 3.63) is 29.8 Å². The Morgan fingerprint density at radius 3 is 2.56 bits per heavy atom. The summed E-state index contributed by atoms with van der Waals surface area (Å²) in [6.07, 6.45) is 4.06.